The van der Waals surface area contributed by atoms with Gasteiger partial charge in [-0.2, -0.15) is 0 Å². The number of nitrogens with zero attached hydrogens (tertiary/aromatic N) is 1. The fraction of sp³-hybridized carbons (Fsp3) is 0.350. The number of carbonyl (C=O) groups is 3. The lowest BCUT2D eigenvalue weighted by atomic mass is 10.1. The number of ether oxygens (including phenoxy) is 1. The van der Waals surface area contributed by atoms with Crippen molar-refractivity contribution in [3.05, 3.63) is 51.2 Å². The molecule has 0 aliphatic heterocycles. The van der Waals surface area contributed by atoms with E-state index in [-0.39, 0.29) is 12.5 Å². The number of benzene rings is 1. The Morgan fingerprint density at radius 1 is 1.15 bits per heavy atom. The van der Waals surface area contributed by atoms with Crippen molar-refractivity contribution in [2.45, 2.75) is 26.7 Å². The SMILES string of the molecule is CCCc1cc(C(=O)OCC(=O)Nc2ccc(C(=O)N(C)C)cc2)sc1C. The maximum atomic E-state index is 12.1. The van der Waals surface area contributed by atoms with E-state index in [9.17, 15) is 14.4 Å². The maximum absolute atomic E-state index is 12.1. The van der Waals surface area contributed by atoms with Crippen molar-refractivity contribution in [2.75, 3.05) is 26.0 Å². The van der Waals surface area contributed by atoms with E-state index in [0.29, 0.717) is 16.1 Å². The largest absolute Gasteiger partial charge is 0.451 e. The van der Waals surface area contributed by atoms with Gasteiger partial charge in [0.15, 0.2) is 6.61 Å². The minimum atomic E-state index is -0.493. The molecule has 1 N–H and O–H groups in total. The molecular formula is C20H24N2O4S. The van der Waals surface area contributed by atoms with E-state index < -0.39 is 11.9 Å². The highest BCUT2D eigenvalue weighted by Gasteiger charge is 2.15. The first-order valence-corrected chi connectivity index (χ1v) is 9.51. The molecule has 1 heterocycles. The molecule has 1 aromatic heterocycles. The fourth-order valence-corrected chi connectivity index (χ4v) is 3.46. The molecule has 0 saturated heterocycles. The number of nitrogens with one attached hydrogen (secondary N) is 1. The molecule has 2 aromatic rings. The molecule has 144 valence electrons. The molecule has 0 unspecified atom stereocenters. The number of amides is 2. The molecule has 27 heavy (non-hydrogen) atoms. The van der Waals surface area contributed by atoms with Crippen LogP contribution in [0.25, 0.3) is 0 Å². The molecule has 0 aliphatic carbocycles. The van der Waals surface area contributed by atoms with E-state index >= 15 is 0 Å². The van der Waals surface area contributed by atoms with Gasteiger partial charge in [-0.05, 0) is 49.2 Å². The molecule has 0 fully saturated rings. The van der Waals surface area contributed by atoms with E-state index in [4.69, 9.17) is 4.74 Å². The third-order valence-electron chi connectivity index (χ3n) is 3.90. The molecule has 0 spiro atoms. The Bertz CT molecular complexity index is 825. The van der Waals surface area contributed by atoms with Gasteiger partial charge in [0, 0.05) is 30.2 Å². The third-order valence-corrected chi connectivity index (χ3v) is 4.97. The Labute approximate surface area is 163 Å². The second kappa shape index (κ2) is 9.32. The van der Waals surface area contributed by atoms with Crippen LogP contribution in [-0.2, 0) is 16.0 Å². The van der Waals surface area contributed by atoms with Gasteiger partial charge in [0.05, 0.1) is 0 Å². The number of hydrogen-bond acceptors (Lipinski definition) is 5. The zero-order chi connectivity index (χ0) is 20.0. The predicted octanol–water partition coefficient (Wildman–Crippen LogP) is 3.51. The lowest BCUT2D eigenvalue weighted by Gasteiger charge is -2.11. The number of esters is 1. The zero-order valence-electron chi connectivity index (χ0n) is 16.0. The van der Waals surface area contributed by atoms with Gasteiger partial charge >= 0.3 is 5.97 Å². The number of hydrogen-bond donors (Lipinski definition) is 1. The van der Waals surface area contributed by atoms with Crippen molar-refractivity contribution in [1.82, 2.24) is 4.90 Å². The minimum absolute atomic E-state index is 0.115. The highest BCUT2D eigenvalue weighted by Crippen LogP contribution is 2.23. The monoisotopic (exact) mass is 388 g/mol. The van der Waals surface area contributed by atoms with Crippen molar-refractivity contribution >= 4 is 34.8 Å². The third kappa shape index (κ3) is 5.65. The van der Waals surface area contributed by atoms with Crippen LogP contribution in [0.4, 0.5) is 5.69 Å². The van der Waals surface area contributed by atoms with E-state index in [1.807, 2.05) is 13.0 Å². The van der Waals surface area contributed by atoms with E-state index in [1.54, 1.807) is 38.4 Å². The van der Waals surface area contributed by atoms with Crippen molar-refractivity contribution in [3.63, 3.8) is 0 Å². The average Bonchev–Trinajstić information content (AvgIpc) is 3.01. The summed E-state index contributed by atoms with van der Waals surface area (Å²) in [6.07, 6.45) is 1.93. The average molecular weight is 388 g/mol. The van der Waals surface area contributed by atoms with Gasteiger partial charge in [-0.25, -0.2) is 4.79 Å². The molecule has 0 saturated carbocycles. The standard InChI is InChI=1S/C20H24N2O4S/c1-5-6-15-11-17(27-13(15)2)20(25)26-12-18(23)21-16-9-7-14(8-10-16)19(24)22(3)4/h7-11H,5-6,12H2,1-4H3,(H,21,23). The molecule has 0 radical (unpaired) electrons. The van der Waals surface area contributed by atoms with Crippen molar-refractivity contribution in [3.8, 4) is 0 Å². The first kappa shape index (κ1) is 20.6. The topological polar surface area (TPSA) is 75.7 Å². The number of rotatable bonds is 7. The van der Waals surface area contributed by atoms with Gasteiger partial charge < -0.3 is 15.0 Å². The Morgan fingerprint density at radius 2 is 1.81 bits per heavy atom. The molecule has 2 amide bonds. The van der Waals surface area contributed by atoms with Gasteiger partial charge in [-0.1, -0.05) is 13.3 Å². The summed E-state index contributed by atoms with van der Waals surface area (Å²) >= 11 is 1.38. The minimum Gasteiger partial charge on any atom is -0.451 e. The van der Waals surface area contributed by atoms with Crippen molar-refractivity contribution in [2.24, 2.45) is 0 Å². The summed E-state index contributed by atoms with van der Waals surface area (Å²) in [5.74, 6) is -1.04. The number of thiophene rings is 1. The lowest BCUT2D eigenvalue weighted by Crippen LogP contribution is -2.22. The predicted molar refractivity (Wildman–Crippen MR) is 106 cm³/mol. The second-order valence-corrected chi connectivity index (χ2v) is 7.60. The van der Waals surface area contributed by atoms with Crippen LogP contribution >= 0.6 is 11.3 Å². The van der Waals surface area contributed by atoms with E-state index in [2.05, 4.69) is 12.2 Å². The molecule has 1 aromatic carbocycles. The van der Waals surface area contributed by atoms with Crippen LogP contribution in [0.5, 0.6) is 0 Å². The van der Waals surface area contributed by atoms with Crippen LogP contribution in [0.2, 0.25) is 0 Å². The van der Waals surface area contributed by atoms with E-state index in [1.165, 1.54) is 16.2 Å². The van der Waals surface area contributed by atoms with Crippen LogP contribution < -0.4 is 5.32 Å². The Hall–Kier alpha value is -2.67. The molecule has 0 bridgehead atoms. The Kier molecular flexibility index (Phi) is 7.12. The van der Waals surface area contributed by atoms with Crippen molar-refractivity contribution in [1.29, 1.82) is 0 Å². The highest BCUT2D eigenvalue weighted by molar-refractivity contribution is 7.14. The molecule has 2 rings (SSSR count). The summed E-state index contributed by atoms with van der Waals surface area (Å²) in [6, 6.07) is 8.37. The Morgan fingerprint density at radius 3 is 2.41 bits per heavy atom. The maximum Gasteiger partial charge on any atom is 0.348 e. The fourth-order valence-electron chi connectivity index (χ4n) is 2.49. The van der Waals surface area contributed by atoms with Crippen LogP contribution in [0, 0.1) is 6.92 Å². The summed E-state index contributed by atoms with van der Waals surface area (Å²) < 4.78 is 5.10. The van der Waals surface area contributed by atoms with Gasteiger partial charge in [-0.15, -0.1) is 11.3 Å². The van der Waals surface area contributed by atoms with Crippen LogP contribution in [-0.4, -0.2) is 43.4 Å². The van der Waals surface area contributed by atoms with Gasteiger partial charge in [0.2, 0.25) is 0 Å². The summed E-state index contributed by atoms with van der Waals surface area (Å²) in [5.41, 5.74) is 2.20. The van der Waals surface area contributed by atoms with Crippen LogP contribution in [0.1, 0.15) is 43.8 Å². The molecule has 7 heteroatoms. The van der Waals surface area contributed by atoms with Gasteiger partial charge in [0.1, 0.15) is 4.88 Å². The zero-order valence-corrected chi connectivity index (χ0v) is 16.8. The quantitative estimate of drug-likeness (QED) is 0.737. The summed E-state index contributed by atoms with van der Waals surface area (Å²) in [6.45, 7) is 3.70. The number of aryl methyl sites for hydroxylation is 2. The smallest absolute Gasteiger partial charge is 0.348 e. The van der Waals surface area contributed by atoms with Gasteiger partial charge in [0.25, 0.3) is 11.8 Å². The molecular weight excluding hydrogens is 364 g/mol. The summed E-state index contributed by atoms with van der Waals surface area (Å²) in [7, 11) is 3.35. The van der Waals surface area contributed by atoms with Crippen LogP contribution in [0.15, 0.2) is 30.3 Å². The first-order valence-electron chi connectivity index (χ1n) is 8.69. The van der Waals surface area contributed by atoms with E-state index in [0.717, 1.165) is 23.3 Å². The summed E-state index contributed by atoms with van der Waals surface area (Å²) in [5, 5.41) is 2.64. The van der Waals surface area contributed by atoms with Gasteiger partial charge in [-0.3, -0.25) is 9.59 Å². The lowest BCUT2D eigenvalue weighted by molar-refractivity contribution is -0.119. The van der Waals surface area contributed by atoms with Crippen LogP contribution in [0.3, 0.4) is 0 Å². The number of anilines is 1. The normalized spacial score (nSPS) is 10.4. The first-order chi connectivity index (χ1) is 12.8. The van der Waals surface area contributed by atoms with Crippen molar-refractivity contribution < 1.29 is 19.1 Å². The highest BCUT2D eigenvalue weighted by atomic mass is 32.1. The molecule has 0 aliphatic rings. The summed E-state index contributed by atoms with van der Waals surface area (Å²) in [4.78, 5) is 39.0. The molecule has 6 nitrogen and oxygen atoms in total. The number of carbonyl (C=O) groups excluding carboxylic acids is 3. The Balaban J connectivity index is 1.88. The second-order valence-electron chi connectivity index (χ2n) is 6.34. The molecule has 0 atom stereocenters.